The molecule has 0 radical (unpaired) electrons. The Labute approximate surface area is 169 Å². The van der Waals surface area contributed by atoms with Crippen molar-refractivity contribution in [1.29, 1.82) is 0 Å². The molecule has 7 heteroatoms. The van der Waals surface area contributed by atoms with Gasteiger partial charge in [0.05, 0.1) is 6.10 Å². The van der Waals surface area contributed by atoms with E-state index in [9.17, 15) is 0 Å². The zero-order valence-electron chi connectivity index (χ0n) is 16.3. The van der Waals surface area contributed by atoms with Crippen LogP contribution in [0.25, 0.3) is 11.5 Å². The van der Waals surface area contributed by atoms with Crippen LogP contribution in [0.2, 0.25) is 0 Å². The van der Waals surface area contributed by atoms with Gasteiger partial charge in [-0.25, -0.2) is 0 Å². The lowest BCUT2D eigenvalue weighted by atomic mass is 10.1. The maximum absolute atomic E-state index is 6.14. The second-order valence-electron chi connectivity index (χ2n) is 7.09. The Morgan fingerprint density at radius 2 is 1.96 bits per heavy atom. The molecule has 1 fully saturated rings. The summed E-state index contributed by atoms with van der Waals surface area (Å²) in [4.78, 5) is 2.08. The summed E-state index contributed by atoms with van der Waals surface area (Å²) in [5.41, 5.74) is 4.42. The fourth-order valence-corrected chi connectivity index (χ4v) is 3.86. The van der Waals surface area contributed by atoms with Gasteiger partial charge in [-0.05, 0) is 36.8 Å². The molecule has 6 nitrogen and oxygen atoms in total. The van der Waals surface area contributed by atoms with Crippen molar-refractivity contribution in [2.45, 2.75) is 24.5 Å². The third-order valence-electron chi connectivity index (χ3n) is 4.64. The van der Waals surface area contributed by atoms with Gasteiger partial charge in [0, 0.05) is 37.6 Å². The van der Waals surface area contributed by atoms with Crippen molar-refractivity contribution in [2.75, 3.05) is 31.3 Å². The smallest absolute Gasteiger partial charge is 0.276 e. The van der Waals surface area contributed by atoms with Crippen LogP contribution < -0.4 is 10.2 Å². The lowest BCUT2D eigenvalue weighted by Gasteiger charge is -2.16. The molecule has 0 unspecified atom stereocenters. The van der Waals surface area contributed by atoms with Gasteiger partial charge >= 0.3 is 0 Å². The summed E-state index contributed by atoms with van der Waals surface area (Å²) in [6.07, 6.45) is 0.0187. The number of benzene rings is 2. The Morgan fingerprint density at radius 1 is 1.14 bits per heavy atom. The average Bonchev–Trinajstić information content (AvgIpc) is 3.36. The molecule has 2 heterocycles. The third kappa shape index (κ3) is 4.38. The van der Waals surface area contributed by atoms with E-state index in [1.54, 1.807) is 0 Å². The Balaban J connectivity index is 1.31. The summed E-state index contributed by atoms with van der Waals surface area (Å²) in [6.45, 7) is 2.84. The highest BCUT2D eigenvalue weighted by atomic mass is 32.2. The lowest BCUT2D eigenvalue weighted by molar-refractivity contribution is 0.0534. The molecule has 2 atom stereocenters. The van der Waals surface area contributed by atoms with Crippen molar-refractivity contribution in [3.63, 3.8) is 0 Å². The van der Waals surface area contributed by atoms with Gasteiger partial charge in [-0.1, -0.05) is 41.6 Å². The second-order valence-corrected chi connectivity index (χ2v) is 8.06. The van der Waals surface area contributed by atoms with Crippen LogP contribution in [0.15, 0.2) is 58.2 Å². The highest BCUT2D eigenvalue weighted by molar-refractivity contribution is 7.99. The lowest BCUT2D eigenvalue weighted by Crippen LogP contribution is -2.16. The predicted molar refractivity (Wildman–Crippen MR) is 112 cm³/mol. The number of hydrogen-bond donors (Lipinski definition) is 1. The Hall–Kier alpha value is -2.35. The van der Waals surface area contributed by atoms with Crippen LogP contribution in [-0.2, 0) is 4.74 Å². The molecular weight excluding hydrogens is 372 g/mol. The highest BCUT2D eigenvalue weighted by Crippen LogP contribution is 2.28. The molecule has 4 rings (SSSR count). The number of hydrogen-bond acceptors (Lipinski definition) is 7. The van der Waals surface area contributed by atoms with Crippen molar-refractivity contribution in [2.24, 2.45) is 0 Å². The fraction of sp³-hybridized carbons (Fsp3) is 0.333. The number of ether oxygens (including phenoxy) is 1. The normalized spacial score (nSPS) is 19.1. The molecule has 28 heavy (non-hydrogen) atoms. The molecule has 0 aliphatic carbocycles. The van der Waals surface area contributed by atoms with Gasteiger partial charge in [0.1, 0.15) is 6.23 Å². The van der Waals surface area contributed by atoms with Crippen LogP contribution in [0.5, 0.6) is 0 Å². The zero-order chi connectivity index (χ0) is 19.5. The first-order valence-corrected chi connectivity index (χ1v) is 10.3. The Morgan fingerprint density at radius 3 is 2.71 bits per heavy atom. The van der Waals surface area contributed by atoms with Gasteiger partial charge < -0.3 is 14.1 Å². The minimum absolute atomic E-state index is 0.0765. The van der Waals surface area contributed by atoms with Gasteiger partial charge in [0.25, 0.3) is 5.22 Å². The number of aromatic nitrogens is 2. The van der Waals surface area contributed by atoms with Crippen molar-refractivity contribution in [1.82, 2.24) is 15.5 Å². The molecule has 1 N–H and O–H groups in total. The van der Waals surface area contributed by atoms with E-state index in [1.165, 1.54) is 23.0 Å². The van der Waals surface area contributed by atoms with Crippen molar-refractivity contribution in [3.05, 3.63) is 59.7 Å². The minimum Gasteiger partial charge on any atom is -0.411 e. The number of anilines is 1. The number of nitrogens with one attached hydrogen (secondary N) is 1. The van der Waals surface area contributed by atoms with Crippen LogP contribution >= 0.6 is 11.8 Å². The quantitative estimate of drug-likeness (QED) is 0.634. The SMILES string of the molecule is Cc1cccc(-c2nnc(SC[C@@H]3CN[C@@H](c4ccc(N(C)C)cc4)O3)o2)c1. The van der Waals surface area contributed by atoms with E-state index in [2.05, 4.69) is 44.7 Å². The van der Waals surface area contributed by atoms with E-state index in [4.69, 9.17) is 9.15 Å². The molecule has 1 aromatic heterocycles. The third-order valence-corrected chi connectivity index (χ3v) is 5.59. The molecule has 1 aliphatic heterocycles. The second kappa shape index (κ2) is 8.34. The summed E-state index contributed by atoms with van der Waals surface area (Å²) in [7, 11) is 4.07. The molecule has 2 aromatic carbocycles. The Bertz CT molecular complexity index is 926. The van der Waals surface area contributed by atoms with Crippen LogP contribution in [0.1, 0.15) is 17.4 Å². The summed E-state index contributed by atoms with van der Waals surface area (Å²) < 4.78 is 11.9. The first kappa shape index (κ1) is 19.0. The number of aryl methyl sites for hydroxylation is 1. The monoisotopic (exact) mass is 396 g/mol. The molecule has 0 spiro atoms. The van der Waals surface area contributed by atoms with E-state index >= 15 is 0 Å². The van der Waals surface area contributed by atoms with Crippen LogP contribution in [0, 0.1) is 6.92 Å². The van der Waals surface area contributed by atoms with E-state index < -0.39 is 0 Å². The fourth-order valence-electron chi connectivity index (χ4n) is 3.10. The van der Waals surface area contributed by atoms with E-state index in [1.807, 2.05) is 45.3 Å². The largest absolute Gasteiger partial charge is 0.411 e. The molecule has 146 valence electrons. The van der Waals surface area contributed by atoms with Crippen LogP contribution in [-0.4, -0.2) is 42.7 Å². The summed E-state index contributed by atoms with van der Waals surface area (Å²) in [6, 6.07) is 16.5. The van der Waals surface area contributed by atoms with E-state index in [-0.39, 0.29) is 12.3 Å². The van der Waals surface area contributed by atoms with Gasteiger partial charge in [-0.15, -0.1) is 10.2 Å². The Kier molecular flexibility index (Phi) is 5.66. The van der Waals surface area contributed by atoms with Crippen molar-refractivity contribution < 1.29 is 9.15 Å². The average molecular weight is 397 g/mol. The molecule has 0 bridgehead atoms. The van der Waals surface area contributed by atoms with Gasteiger partial charge in [0.15, 0.2) is 0 Å². The standard InChI is InChI=1S/C21H24N4O2S/c1-14-5-4-6-16(11-14)20-23-24-21(27-20)28-13-18-12-22-19(26-18)15-7-9-17(10-8-15)25(2)3/h4-11,18-19,22H,12-13H2,1-3H3/t18-,19+/m0/s1. The first-order chi connectivity index (χ1) is 13.6. The minimum atomic E-state index is -0.0765. The van der Waals surface area contributed by atoms with Gasteiger partial charge in [0.2, 0.25) is 5.89 Å². The number of nitrogens with zero attached hydrogens (tertiary/aromatic N) is 3. The van der Waals surface area contributed by atoms with Gasteiger partial charge in [-0.3, -0.25) is 5.32 Å². The number of rotatable bonds is 6. The molecule has 1 aliphatic rings. The molecule has 3 aromatic rings. The first-order valence-electron chi connectivity index (χ1n) is 9.28. The topological polar surface area (TPSA) is 63.4 Å². The summed E-state index contributed by atoms with van der Waals surface area (Å²) >= 11 is 1.53. The maximum atomic E-state index is 6.14. The summed E-state index contributed by atoms with van der Waals surface area (Å²) in [5.74, 6) is 1.31. The van der Waals surface area contributed by atoms with E-state index in [0.29, 0.717) is 11.1 Å². The predicted octanol–water partition coefficient (Wildman–Crippen LogP) is 3.89. The van der Waals surface area contributed by atoms with E-state index in [0.717, 1.165) is 23.4 Å². The van der Waals surface area contributed by atoms with Gasteiger partial charge in [-0.2, -0.15) is 0 Å². The van der Waals surface area contributed by atoms with Crippen molar-refractivity contribution in [3.8, 4) is 11.5 Å². The van der Waals surface area contributed by atoms with Crippen LogP contribution in [0.3, 0.4) is 0 Å². The zero-order valence-corrected chi connectivity index (χ0v) is 17.1. The molecular formula is C21H24N4O2S. The van der Waals surface area contributed by atoms with Crippen LogP contribution in [0.4, 0.5) is 5.69 Å². The molecule has 0 saturated carbocycles. The highest BCUT2D eigenvalue weighted by Gasteiger charge is 2.26. The van der Waals surface area contributed by atoms with Crippen molar-refractivity contribution >= 4 is 17.4 Å². The molecule has 1 saturated heterocycles. The number of thioether (sulfide) groups is 1. The molecule has 0 amide bonds. The maximum Gasteiger partial charge on any atom is 0.276 e. The summed E-state index contributed by atoms with van der Waals surface area (Å²) in [5, 5.41) is 12.3.